The molecule has 0 radical (unpaired) electrons. The van der Waals surface area contributed by atoms with Crippen LogP contribution in [-0.2, 0) is 17.8 Å². The first kappa shape index (κ1) is 11.4. The van der Waals surface area contributed by atoms with Gasteiger partial charge in [-0.05, 0) is 6.92 Å². The summed E-state index contributed by atoms with van der Waals surface area (Å²) >= 11 is 0. The van der Waals surface area contributed by atoms with Gasteiger partial charge in [-0.1, -0.05) is 0 Å². The van der Waals surface area contributed by atoms with Gasteiger partial charge in [0.2, 0.25) is 0 Å². The van der Waals surface area contributed by atoms with Gasteiger partial charge in [0.05, 0.1) is 19.3 Å². The summed E-state index contributed by atoms with van der Waals surface area (Å²) in [4.78, 5) is 27.9. The number of aromatic carboxylic acids is 1. The van der Waals surface area contributed by atoms with E-state index in [2.05, 4.69) is 9.72 Å². The van der Waals surface area contributed by atoms with Gasteiger partial charge in [-0.3, -0.25) is 0 Å². The van der Waals surface area contributed by atoms with Crippen LogP contribution in [0, 0.1) is 6.92 Å². The standard InChI is InChI=1S/C10H13N3O4/c1-6-11-8(9(14)15)7-5-12(10(16)17-2)3-4-13(6)7/h3-5H2,1-2H3,(H,14,15). The van der Waals surface area contributed by atoms with Crippen molar-refractivity contribution >= 4 is 12.1 Å². The van der Waals surface area contributed by atoms with Crippen LogP contribution in [0.3, 0.4) is 0 Å². The molecule has 92 valence electrons. The van der Waals surface area contributed by atoms with E-state index in [-0.39, 0.29) is 12.2 Å². The number of carboxylic acids is 1. The Bertz CT molecular complexity index is 480. The van der Waals surface area contributed by atoms with E-state index in [1.807, 2.05) is 4.57 Å². The molecular formula is C10H13N3O4. The van der Waals surface area contributed by atoms with Gasteiger partial charge < -0.3 is 19.3 Å². The molecule has 0 fully saturated rings. The van der Waals surface area contributed by atoms with Crippen molar-refractivity contribution in [1.82, 2.24) is 14.5 Å². The lowest BCUT2D eigenvalue weighted by atomic mass is 10.2. The summed E-state index contributed by atoms with van der Waals surface area (Å²) < 4.78 is 6.44. The number of nitrogens with zero attached hydrogens (tertiary/aromatic N) is 3. The topological polar surface area (TPSA) is 84.7 Å². The van der Waals surface area contributed by atoms with E-state index in [4.69, 9.17) is 5.11 Å². The number of carbonyl (C=O) groups is 2. The van der Waals surface area contributed by atoms with E-state index in [1.54, 1.807) is 6.92 Å². The van der Waals surface area contributed by atoms with Crippen LogP contribution in [0.4, 0.5) is 4.79 Å². The molecule has 1 aliphatic heterocycles. The molecule has 0 unspecified atom stereocenters. The fourth-order valence-corrected chi connectivity index (χ4v) is 2.00. The molecule has 7 nitrogen and oxygen atoms in total. The van der Waals surface area contributed by atoms with Gasteiger partial charge in [-0.25, -0.2) is 14.6 Å². The highest BCUT2D eigenvalue weighted by Gasteiger charge is 2.28. The Morgan fingerprint density at radius 1 is 1.41 bits per heavy atom. The molecule has 1 aromatic rings. The average Bonchev–Trinajstić information content (AvgIpc) is 2.65. The van der Waals surface area contributed by atoms with Crippen LogP contribution in [0.15, 0.2) is 0 Å². The Balaban J connectivity index is 2.36. The van der Waals surface area contributed by atoms with Gasteiger partial charge in [0.1, 0.15) is 5.82 Å². The number of methoxy groups -OCH3 is 1. The summed E-state index contributed by atoms with van der Waals surface area (Å²) in [7, 11) is 1.30. The van der Waals surface area contributed by atoms with Gasteiger partial charge in [-0.2, -0.15) is 0 Å². The largest absolute Gasteiger partial charge is 0.476 e. The van der Waals surface area contributed by atoms with Gasteiger partial charge in [0.15, 0.2) is 5.69 Å². The molecule has 0 aromatic carbocycles. The number of hydrogen-bond acceptors (Lipinski definition) is 4. The minimum atomic E-state index is -1.08. The smallest absolute Gasteiger partial charge is 0.409 e. The van der Waals surface area contributed by atoms with Crippen molar-refractivity contribution in [3.05, 3.63) is 17.2 Å². The second-order valence-electron chi connectivity index (χ2n) is 3.80. The van der Waals surface area contributed by atoms with E-state index >= 15 is 0 Å². The number of rotatable bonds is 1. The third kappa shape index (κ3) is 1.83. The maximum atomic E-state index is 11.4. The van der Waals surface area contributed by atoms with E-state index in [0.717, 1.165) is 0 Å². The lowest BCUT2D eigenvalue weighted by molar-refractivity contribution is 0.0684. The van der Waals surface area contributed by atoms with Gasteiger partial charge in [0, 0.05) is 13.1 Å². The van der Waals surface area contributed by atoms with Crippen molar-refractivity contribution in [3.63, 3.8) is 0 Å². The number of ether oxygens (including phenoxy) is 1. The Morgan fingerprint density at radius 2 is 2.12 bits per heavy atom. The number of hydrogen-bond donors (Lipinski definition) is 1. The van der Waals surface area contributed by atoms with E-state index in [0.29, 0.717) is 24.6 Å². The lowest BCUT2D eigenvalue weighted by Gasteiger charge is -2.27. The molecule has 0 aliphatic carbocycles. The number of carboxylic acid groups (broad SMARTS) is 1. The molecule has 17 heavy (non-hydrogen) atoms. The summed E-state index contributed by atoms with van der Waals surface area (Å²) in [5.74, 6) is -0.421. The fraction of sp³-hybridized carbons (Fsp3) is 0.500. The highest BCUT2D eigenvalue weighted by Crippen LogP contribution is 2.19. The highest BCUT2D eigenvalue weighted by atomic mass is 16.5. The fourth-order valence-electron chi connectivity index (χ4n) is 2.00. The molecule has 1 aliphatic rings. The van der Waals surface area contributed by atoms with Crippen LogP contribution < -0.4 is 0 Å². The minimum absolute atomic E-state index is 0.0103. The van der Waals surface area contributed by atoms with E-state index < -0.39 is 12.1 Å². The zero-order valence-corrected chi connectivity index (χ0v) is 9.63. The lowest BCUT2D eigenvalue weighted by Crippen LogP contribution is -2.38. The second kappa shape index (κ2) is 4.08. The number of amides is 1. The quantitative estimate of drug-likeness (QED) is 0.770. The van der Waals surface area contributed by atoms with Crippen LogP contribution in [0.25, 0.3) is 0 Å². The molecule has 0 spiro atoms. The number of aromatic nitrogens is 2. The van der Waals surface area contributed by atoms with Crippen LogP contribution in [0.2, 0.25) is 0 Å². The maximum absolute atomic E-state index is 11.4. The van der Waals surface area contributed by atoms with Crippen molar-refractivity contribution in [2.45, 2.75) is 20.0 Å². The SMILES string of the molecule is COC(=O)N1CCn2c(C)nc(C(=O)O)c2C1. The Hall–Kier alpha value is -2.05. The first-order chi connectivity index (χ1) is 8.04. The van der Waals surface area contributed by atoms with Crippen LogP contribution in [-0.4, -0.2) is 45.3 Å². The highest BCUT2D eigenvalue weighted by molar-refractivity contribution is 5.87. The predicted octanol–water partition coefficient (Wildman–Crippen LogP) is 0.472. The molecule has 7 heteroatoms. The zero-order chi connectivity index (χ0) is 12.6. The number of aryl methyl sites for hydroxylation is 1. The third-order valence-electron chi connectivity index (χ3n) is 2.83. The van der Waals surface area contributed by atoms with Crippen molar-refractivity contribution in [2.75, 3.05) is 13.7 Å². The first-order valence-corrected chi connectivity index (χ1v) is 5.16. The van der Waals surface area contributed by atoms with Crippen LogP contribution >= 0.6 is 0 Å². The molecule has 0 saturated heterocycles. The van der Waals surface area contributed by atoms with Crippen molar-refractivity contribution in [2.24, 2.45) is 0 Å². The minimum Gasteiger partial charge on any atom is -0.476 e. The van der Waals surface area contributed by atoms with E-state index in [9.17, 15) is 9.59 Å². The molecule has 2 rings (SSSR count). The third-order valence-corrected chi connectivity index (χ3v) is 2.83. The van der Waals surface area contributed by atoms with Crippen LogP contribution in [0.5, 0.6) is 0 Å². The summed E-state index contributed by atoms with van der Waals surface area (Å²) in [6, 6.07) is 0. The normalized spacial score (nSPS) is 14.4. The van der Waals surface area contributed by atoms with Crippen molar-refractivity contribution < 1.29 is 19.4 Å². The zero-order valence-electron chi connectivity index (χ0n) is 9.63. The number of fused-ring (bicyclic) bond motifs is 1. The average molecular weight is 239 g/mol. The number of carbonyl (C=O) groups excluding carboxylic acids is 1. The molecule has 1 amide bonds. The van der Waals surface area contributed by atoms with Gasteiger partial charge in [0.25, 0.3) is 0 Å². The summed E-state index contributed by atoms with van der Waals surface area (Å²) in [6.07, 6.45) is -0.452. The van der Waals surface area contributed by atoms with Crippen molar-refractivity contribution in [1.29, 1.82) is 0 Å². The summed E-state index contributed by atoms with van der Waals surface area (Å²) in [6.45, 7) is 3.01. The molecule has 2 heterocycles. The number of imidazole rings is 1. The summed E-state index contributed by atoms with van der Waals surface area (Å²) in [5, 5.41) is 9.03. The predicted molar refractivity (Wildman–Crippen MR) is 56.7 cm³/mol. The van der Waals surface area contributed by atoms with E-state index in [1.165, 1.54) is 12.0 Å². The Morgan fingerprint density at radius 3 is 2.71 bits per heavy atom. The molecule has 1 aromatic heterocycles. The Labute approximate surface area is 97.6 Å². The molecule has 0 atom stereocenters. The van der Waals surface area contributed by atoms with Crippen LogP contribution in [0.1, 0.15) is 22.0 Å². The molecular weight excluding hydrogens is 226 g/mol. The van der Waals surface area contributed by atoms with Gasteiger partial charge >= 0.3 is 12.1 Å². The summed E-state index contributed by atoms with van der Waals surface area (Å²) in [5.41, 5.74) is 0.558. The molecule has 0 bridgehead atoms. The molecule has 0 saturated carbocycles. The monoisotopic (exact) mass is 239 g/mol. The first-order valence-electron chi connectivity index (χ1n) is 5.16. The second-order valence-corrected chi connectivity index (χ2v) is 3.80. The Kier molecular flexibility index (Phi) is 2.74. The van der Waals surface area contributed by atoms with Gasteiger partial charge in [-0.15, -0.1) is 0 Å². The maximum Gasteiger partial charge on any atom is 0.409 e. The molecule has 1 N–H and O–H groups in total. The van der Waals surface area contributed by atoms with Crippen molar-refractivity contribution in [3.8, 4) is 0 Å².